The zero-order chi connectivity index (χ0) is 29.6. The molecule has 0 amide bonds. The molecular formula is C38H47FN2O. The van der Waals surface area contributed by atoms with E-state index in [1.165, 1.54) is 63.9 Å². The van der Waals surface area contributed by atoms with Crippen molar-refractivity contribution in [2.75, 3.05) is 0 Å². The predicted molar refractivity (Wildman–Crippen MR) is 174 cm³/mol. The first kappa shape index (κ1) is 31.4. The quantitative estimate of drug-likeness (QED) is 0.119. The van der Waals surface area contributed by atoms with Gasteiger partial charge in [0.05, 0.1) is 6.10 Å². The first-order valence-corrected chi connectivity index (χ1v) is 16.1. The van der Waals surface area contributed by atoms with Crippen LogP contribution in [0.4, 0.5) is 4.39 Å². The van der Waals surface area contributed by atoms with E-state index in [0.29, 0.717) is 17.0 Å². The lowest BCUT2D eigenvalue weighted by Crippen LogP contribution is -2.11. The summed E-state index contributed by atoms with van der Waals surface area (Å²) >= 11 is 0. The Balaban J connectivity index is 1.32. The van der Waals surface area contributed by atoms with Crippen LogP contribution in [-0.2, 0) is 6.42 Å². The van der Waals surface area contributed by atoms with Crippen molar-refractivity contribution >= 4 is 0 Å². The van der Waals surface area contributed by atoms with Crippen LogP contribution in [0.25, 0.3) is 33.6 Å². The van der Waals surface area contributed by atoms with E-state index in [1.54, 1.807) is 0 Å². The standard InChI is InChI=1S/C38H47FN2O/c1-4-6-8-10-11-13-15-30-27-40-38(41-28-30)34-22-25-36(37(39)26-34)33-18-16-31(17-19-33)32-20-23-35(24-21-32)42-29(3)14-12-9-7-5-2/h16-29H,4-15H2,1-3H3. The topological polar surface area (TPSA) is 35.0 Å². The molecule has 4 heteroatoms. The van der Waals surface area contributed by atoms with E-state index in [0.717, 1.165) is 47.3 Å². The van der Waals surface area contributed by atoms with Crippen molar-refractivity contribution in [1.29, 1.82) is 0 Å². The summed E-state index contributed by atoms with van der Waals surface area (Å²) in [5.41, 5.74) is 5.44. The molecule has 3 nitrogen and oxygen atoms in total. The van der Waals surface area contributed by atoms with Crippen LogP contribution in [-0.4, -0.2) is 16.1 Å². The molecule has 0 aliphatic carbocycles. The molecule has 1 unspecified atom stereocenters. The van der Waals surface area contributed by atoms with Crippen LogP contribution in [0.5, 0.6) is 5.75 Å². The van der Waals surface area contributed by atoms with Crippen LogP contribution in [0.3, 0.4) is 0 Å². The Labute approximate surface area is 252 Å². The second-order valence-corrected chi connectivity index (χ2v) is 11.5. The minimum atomic E-state index is -0.273. The summed E-state index contributed by atoms with van der Waals surface area (Å²) in [6.07, 6.45) is 18.7. The van der Waals surface area contributed by atoms with E-state index in [9.17, 15) is 0 Å². The van der Waals surface area contributed by atoms with Crippen molar-refractivity contribution in [1.82, 2.24) is 9.97 Å². The summed E-state index contributed by atoms with van der Waals surface area (Å²) in [6, 6.07) is 21.5. The molecule has 3 aromatic carbocycles. The monoisotopic (exact) mass is 566 g/mol. The molecule has 1 aromatic heterocycles. The van der Waals surface area contributed by atoms with Gasteiger partial charge in [-0.3, -0.25) is 0 Å². The fourth-order valence-corrected chi connectivity index (χ4v) is 5.35. The number of benzene rings is 3. The molecule has 222 valence electrons. The van der Waals surface area contributed by atoms with Crippen molar-refractivity contribution in [3.63, 3.8) is 0 Å². The van der Waals surface area contributed by atoms with Gasteiger partial charge in [0.15, 0.2) is 5.82 Å². The van der Waals surface area contributed by atoms with Crippen molar-refractivity contribution in [3.8, 4) is 39.4 Å². The molecule has 0 saturated heterocycles. The Hall–Kier alpha value is -3.53. The SMILES string of the molecule is CCCCCCCCc1cnc(-c2ccc(-c3ccc(-c4ccc(OC(C)CCCCCC)cc4)cc3)c(F)c2)nc1. The maximum absolute atomic E-state index is 15.2. The zero-order valence-electron chi connectivity index (χ0n) is 25.7. The molecule has 0 saturated carbocycles. The van der Waals surface area contributed by atoms with Gasteiger partial charge in [0, 0.05) is 23.5 Å². The summed E-state index contributed by atoms with van der Waals surface area (Å²) < 4.78 is 21.3. The lowest BCUT2D eigenvalue weighted by atomic mass is 9.99. The molecule has 0 radical (unpaired) electrons. The summed E-state index contributed by atoms with van der Waals surface area (Å²) in [5, 5.41) is 0. The van der Waals surface area contributed by atoms with E-state index in [1.807, 2.05) is 60.9 Å². The van der Waals surface area contributed by atoms with Crippen molar-refractivity contribution < 1.29 is 9.13 Å². The lowest BCUT2D eigenvalue weighted by molar-refractivity contribution is 0.206. The molecule has 4 rings (SSSR count). The molecule has 1 heterocycles. The Kier molecular flexibility index (Phi) is 12.6. The van der Waals surface area contributed by atoms with E-state index in [4.69, 9.17) is 4.74 Å². The molecule has 0 bridgehead atoms. The third kappa shape index (κ3) is 9.51. The van der Waals surface area contributed by atoms with Gasteiger partial charge in [0.25, 0.3) is 0 Å². The molecule has 0 spiro atoms. The lowest BCUT2D eigenvalue weighted by Gasteiger charge is -2.15. The van der Waals surface area contributed by atoms with E-state index in [-0.39, 0.29) is 11.9 Å². The number of unbranched alkanes of at least 4 members (excludes halogenated alkanes) is 8. The third-order valence-corrected chi connectivity index (χ3v) is 7.94. The summed E-state index contributed by atoms with van der Waals surface area (Å²) in [5.74, 6) is 1.18. The van der Waals surface area contributed by atoms with Gasteiger partial charge in [0.2, 0.25) is 0 Å². The molecule has 1 atom stereocenters. The Bertz CT molecular complexity index is 1330. The highest BCUT2D eigenvalue weighted by atomic mass is 19.1. The Morgan fingerprint density at radius 3 is 1.83 bits per heavy atom. The summed E-state index contributed by atoms with van der Waals surface area (Å²) in [4.78, 5) is 9.04. The largest absolute Gasteiger partial charge is 0.491 e. The van der Waals surface area contributed by atoms with Gasteiger partial charge in [-0.1, -0.05) is 114 Å². The minimum Gasteiger partial charge on any atom is -0.491 e. The smallest absolute Gasteiger partial charge is 0.159 e. The Morgan fingerprint density at radius 1 is 0.643 bits per heavy atom. The maximum atomic E-state index is 15.2. The summed E-state index contributed by atoms with van der Waals surface area (Å²) in [6.45, 7) is 6.62. The highest BCUT2D eigenvalue weighted by Gasteiger charge is 2.10. The molecule has 0 N–H and O–H groups in total. The third-order valence-electron chi connectivity index (χ3n) is 7.94. The van der Waals surface area contributed by atoms with Crippen LogP contribution in [0.15, 0.2) is 79.1 Å². The number of ether oxygens (including phenoxy) is 1. The number of nitrogens with zero attached hydrogens (tertiary/aromatic N) is 2. The van der Waals surface area contributed by atoms with Gasteiger partial charge in [-0.05, 0) is 73.1 Å². The second kappa shape index (κ2) is 16.8. The van der Waals surface area contributed by atoms with Crippen molar-refractivity contribution in [2.45, 2.75) is 104 Å². The zero-order valence-corrected chi connectivity index (χ0v) is 25.7. The first-order valence-electron chi connectivity index (χ1n) is 16.1. The molecule has 0 aliphatic heterocycles. The van der Waals surface area contributed by atoms with Gasteiger partial charge in [-0.2, -0.15) is 0 Å². The van der Waals surface area contributed by atoms with Crippen LogP contribution in [0, 0.1) is 5.82 Å². The average Bonchev–Trinajstić information content (AvgIpc) is 3.02. The highest BCUT2D eigenvalue weighted by Crippen LogP contribution is 2.30. The molecule has 42 heavy (non-hydrogen) atoms. The maximum Gasteiger partial charge on any atom is 0.159 e. The number of hydrogen-bond donors (Lipinski definition) is 0. The van der Waals surface area contributed by atoms with Crippen molar-refractivity contribution in [2.24, 2.45) is 0 Å². The summed E-state index contributed by atoms with van der Waals surface area (Å²) in [7, 11) is 0. The highest BCUT2D eigenvalue weighted by molar-refractivity contribution is 5.72. The van der Waals surface area contributed by atoms with Crippen LogP contribution < -0.4 is 4.74 Å². The Morgan fingerprint density at radius 2 is 1.19 bits per heavy atom. The fourth-order valence-electron chi connectivity index (χ4n) is 5.35. The number of aryl methyl sites for hydroxylation is 1. The molecule has 0 fully saturated rings. The van der Waals surface area contributed by atoms with Gasteiger partial charge in [-0.25, -0.2) is 14.4 Å². The van der Waals surface area contributed by atoms with Gasteiger partial charge >= 0.3 is 0 Å². The first-order chi connectivity index (χ1) is 20.6. The molecule has 4 aromatic rings. The number of aromatic nitrogens is 2. The number of halogens is 1. The fraction of sp³-hybridized carbons (Fsp3) is 0.421. The van der Waals surface area contributed by atoms with E-state index < -0.39 is 0 Å². The molecular weight excluding hydrogens is 519 g/mol. The van der Waals surface area contributed by atoms with E-state index >= 15 is 4.39 Å². The van der Waals surface area contributed by atoms with E-state index in [2.05, 4.69) is 42.9 Å². The normalized spacial score (nSPS) is 11.9. The van der Waals surface area contributed by atoms with Gasteiger partial charge in [0.1, 0.15) is 11.6 Å². The second-order valence-electron chi connectivity index (χ2n) is 11.5. The van der Waals surface area contributed by atoms with Crippen molar-refractivity contribution in [3.05, 3.63) is 90.5 Å². The number of rotatable bonds is 17. The minimum absolute atomic E-state index is 0.217. The van der Waals surface area contributed by atoms with Crippen LogP contribution in [0.2, 0.25) is 0 Å². The predicted octanol–water partition coefficient (Wildman–Crippen LogP) is 11.3. The van der Waals surface area contributed by atoms with Crippen LogP contribution in [0.1, 0.15) is 97.0 Å². The molecule has 0 aliphatic rings. The van der Waals surface area contributed by atoms with Gasteiger partial charge < -0.3 is 4.74 Å². The van der Waals surface area contributed by atoms with Crippen LogP contribution >= 0.6 is 0 Å². The average molecular weight is 567 g/mol. The number of hydrogen-bond acceptors (Lipinski definition) is 3. The van der Waals surface area contributed by atoms with Gasteiger partial charge in [-0.15, -0.1) is 0 Å².